The highest BCUT2D eigenvalue weighted by Crippen LogP contribution is 2.47. The maximum absolute atomic E-state index is 11.2. The van der Waals surface area contributed by atoms with E-state index in [1.165, 1.54) is 27.8 Å². The molecular formula is C21H25NO2. The van der Waals surface area contributed by atoms with E-state index in [0.29, 0.717) is 0 Å². The van der Waals surface area contributed by atoms with E-state index < -0.39 is 6.09 Å². The molecule has 3 heteroatoms. The van der Waals surface area contributed by atoms with E-state index in [4.69, 9.17) is 0 Å². The summed E-state index contributed by atoms with van der Waals surface area (Å²) in [4.78, 5) is 11.2. The predicted molar refractivity (Wildman–Crippen MR) is 97.4 cm³/mol. The van der Waals surface area contributed by atoms with Gasteiger partial charge in [0, 0.05) is 0 Å². The van der Waals surface area contributed by atoms with Gasteiger partial charge < -0.3 is 10.4 Å². The summed E-state index contributed by atoms with van der Waals surface area (Å²) in [6.07, 6.45) is 0.964. The topological polar surface area (TPSA) is 49.3 Å². The van der Waals surface area contributed by atoms with Crippen LogP contribution in [0.1, 0.15) is 49.1 Å². The quantitative estimate of drug-likeness (QED) is 0.824. The molecule has 1 amide bonds. The first kappa shape index (κ1) is 16.6. The van der Waals surface area contributed by atoms with Crippen LogP contribution < -0.4 is 5.32 Å². The van der Waals surface area contributed by atoms with Crippen molar-refractivity contribution in [2.45, 2.75) is 46.6 Å². The van der Waals surface area contributed by atoms with Gasteiger partial charge in [0.15, 0.2) is 0 Å². The molecular weight excluding hydrogens is 298 g/mol. The minimum atomic E-state index is -0.960. The maximum Gasteiger partial charge on any atom is 0.405 e. The Morgan fingerprint density at radius 2 is 1.92 bits per heavy atom. The lowest BCUT2D eigenvalue weighted by atomic mass is 9.85. The van der Waals surface area contributed by atoms with E-state index in [-0.39, 0.29) is 11.5 Å². The Morgan fingerprint density at radius 3 is 2.50 bits per heavy atom. The molecule has 2 N–H and O–H groups in total. The van der Waals surface area contributed by atoms with Gasteiger partial charge in [-0.25, -0.2) is 4.79 Å². The third-order valence-corrected chi connectivity index (χ3v) is 5.17. The summed E-state index contributed by atoms with van der Waals surface area (Å²) in [5.41, 5.74) is 7.24. The number of rotatable bonds is 3. The number of aryl methyl sites for hydroxylation is 2. The van der Waals surface area contributed by atoms with E-state index in [9.17, 15) is 9.90 Å². The number of hydrogen-bond acceptors (Lipinski definition) is 1. The van der Waals surface area contributed by atoms with Gasteiger partial charge in [-0.15, -0.1) is 0 Å². The Kier molecular flexibility index (Phi) is 4.12. The van der Waals surface area contributed by atoms with Crippen molar-refractivity contribution in [3.8, 4) is 11.1 Å². The Labute approximate surface area is 143 Å². The van der Waals surface area contributed by atoms with Gasteiger partial charge >= 0.3 is 6.09 Å². The van der Waals surface area contributed by atoms with Crippen LogP contribution in [-0.2, 0) is 12.8 Å². The predicted octanol–water partition coefficient (Wildman–Crippen LogP) is 5.12. The Balaban J connectivity index is 2.03. The maximum atomic E-state index is 11.2. The first-order valence-corrected chi connectivity index (χ1v) is 8.54. The lowest BCUT2D eigenvalue weighted by Crippen LogP contribution is -2.34. The fourth-order valence-corrected chi connectivity index (χ4v) is 3.84. The average molecular weight is 323 g/mol. The third kappa shape index (κ3) is 2.91. The molecule has 0 bridgehead atoms. The molecule has 0 unspecified atom stereocenters. The van der Waals surface area contributed by atoms with Crippen LogP contribution in [0.4, 0.5) is 4.79 Å². The molecule has 2 aromatic rings. The van der Waals surface area contributed by atoms with E-state index in [1.54, 1.807) is 0 Å². The molecule has 0 saturated heterocycles. The van der Waals surface area contributed by atoms with Crippen molar-refractivity contribution < 1.29 is 9.90 Å². The standard InChI is InChI=1S/C21H25NO2/c1-5-14-6-8-15(9-7-14)17-11-16-12-21(3,4)19(22-20(23)24)18(16)10-13(17)2/h6-11,19,22H,5,12H2,1-4H3,(H,23,24)/t19-/m0/s1. The Hall–Kier alpha value is -2.29. The number of amides is 1. The highest BCUT2D eigenvalue weighted by Gasteiger charge is 2.40. The Bertz CT molecular complexity index is 775. The van der Waals surface area contributed by atoms with Crippen LogP contribution in [0.15, 0.2) is 36.4 Å². The molecule has 2 aromatic carbocycles. The van der Waals surface area contributed by atoms with Crippen molar-refractivity contribution in [3.05, 3.63) is 58.7 Å². The van der Waals surface area contributed by atoms with Crippen LogP contribution in [0.5, 0.6) is 0 Å². The molecule has 1 aliphatic carbocycles. The van der Waals surface area contributed by atoms with Gasteiger partial charge in [-0.1, -0.05) is 57.2 Å². The van der Waals surface area contributed by atoms with Crippen molar-refractivity contribution in [2.75, 3.05) is 0 Å². The number of nitrogens with one attached hydrogen (secondary N) is 1. The van der Waals surface area contributed by atoms with Crippen LogP contribution >= 0.6 is 0 Å². The van der Waals surface area contributed by atoms with Crippen molar-refractivity contribution in [2.24, 2.45) is 5.41 Å². The van der Waals surface area contributed by atoms with Gasteiger partial charge in [0.2, 0.25) is 0 Å². The van der Waals surface area contributed by atoms with Gasteiger partial charge in [-0.05, 0) is 58.6 Å². The van der Waals surface area contributed by atoms with Crippen LogP contribution in [0, 0.1) is 12.3 Å². The zero-order valence-corrected chi connectivity index (χ0v) is 14.8. The fraction of sp³-hybridized carbons (Fsp3) is 0.381. The molecule has 1 aliphatic rings. The lowest BCUT2D eigenvalue weighted by Gasteiger charge is -2.27. The van der Waals surface area contributed by atoms with Crippen LogP contribution in [0.3, 0.4) is 0 Å². The minimum Gasteiger partial charge on any atom is -0.465 e. The summed E-state index contributed by atoms with van der Waals surface area (Å²) in [6, 6.07) is 13.0. The van der Waals surface area contributed by atoms with E-state index in [0.717, 1.165) is 18.4 Å². The summed E-state index contributed by atoms with van der Waals surface area (Å²) in [7, 11) is 0. The molecule has 0 fully saturated rings. The normalized spacial score (nSPS) is 18.2. The van der Waals surface area contributed by atoms with Crippen LogP contribution in [0.2, 0.25) is 0 Å². The fourth-order valence-electron chi connectivity index (χ4n) is 3.84. The number of carbonyl (C=O) groups is 1. The van der Waals surface area contributed by atoms with E-state index in [2.05, 4.69) is 69.4 Å². The first-order chi connectivity index (χ1) is 11.3. The minimum absolute atomic E-state index is 0.113. The van der Waals surface area contributed by atoms with Crippen molar-refractivity contribution in [1.29, 1.82) is 0 Å². The second-order valence-electron chi connectivity index (χ2n) is 7.46. The van der Waals surface area contributed by atoms with Crippen molar-refractivity contribution in [1.82, 2.24) is 5.32 Å². The molecule has 0 spiro atoms. The summed E-state index contributed by atoms with van der Waals surface area (Å²) in [5.74, 6) is 0. The highest BCUT2D eigenvalue weighted by atomic mass is 16.4. The zero-order valence-electron chi connectivity index (χ0n) is 14.8. The smallest absolute Gasteiger partial charge is 0.405 e. The molecule has 126 valence electrons. The van der Waals surface area contributed by atoms with Crippen molar-refractivity contribution >= 4 is 6.09 Å². The third-order valence-electron chi connectivity index (χ3n) is 5.17. The molecule has 0 aromatic heterocycles. The number of hydrogen-bond donors (Lipinski definition) is 2. The largest absolute Gasteiger partial charge is 0.465 e. The average Bonchev–Trinajstić information content (AvgIpc) is 2.76. The Morgan fingerprint density at radius 1 is 1.25 bits per heavy atom. The second kappa shape index (κ2) is 5.97. The van der Waals surface area contributed by atoms with Gasteiger partial charge in [0.1, 0.15) is 0 Å². The summed E-state index contributed by atoms with van der Waals surface area (Å²) in [5, 5.41) is 11.9. The van der Waals surface area contributed by atoms with Crippen LogP contribution in [-0.4, -0.2) is 11.2 Å². The van der Waals surface area contributed by atoms with Gasteiger partial charge in [-0.3, -0.25) is 0 Å². The zero-order chi connectivity index (χ0) is 17.5. The van der Waals surface area contributed by atoms with Gasteiger partial charge in [0.05, 0.1) is 6.04 Å². The highest BCUT2D eigenvalue weighted by molar-refractivity contribution is 5.71. The molecule has 0 heterocycles. The summed E-state index contributed by atoms with van der Waals surface area (Å²) >= 11 is 0. The first-order valence-electron chi connectivity index (χ1n) is 8.54. The number of fused-ring (bicyclic) bond motifs is 1. The molecule has 0 saturated carbocycles. The molecule has 3 nitrogen and oxygen atoms in total. The van der Waals surface area contributed by atoms with Crippen molar-refractivity contribution in [3.63, 3.8) is 0 Å². The summed E-state index contributed by atoms with van der Waals surface area (Å²) in [6.45, 7) is 8.51. The van der Waals surface area contributed by atoms with Gasteiger partial charge in [0.25, 0.3) is 0 Å². The van der Waals surface area contributed by atoms with E-state index in [1.807, 2.05) is 0 Å². The molecule has 0 radical (unpaired) electrons. The van der Waals surface area contributed by atoms with Crippen LogP contribution in [0.25, 0.3) is 11.1 Å². The number of carboxylic acid groups (broad SMARTS) is 1. The van der Waals surface area contributed by atoms with Gasteiger partial charge in [-0.2, -0.15) is 0 Å². The monoisotopic (exact) mass is 323 g/mol. The molecule has 3 rings (SSSR count). The molecule has 24 heavy (non-hydrogen) atoms. The summed E-state index contributed by atoms with van der Waals surface area (Å²) < 4.78 is 0. The molecule has 1 atom stereocenters. The number of benzene rings is 2. The second-order valence-corrected chi connectivity index (χ2v) is 7.46. The lowest BCUT2D eigenvalue weighted by molar-refractivity contribution is 0.175. The SMILES string of the molecule is CCc1ccc(-c2cc3c(cc2C)[C@H](NC(=O)O)C(C)(C)C3)cc1. The molecule has 0 aliphatic heterocycles. The van der Waals surface area contributed by atoms with E-state index >= 15 is 0 Å².